The summed E-state index contributed by atoms with van der Waals surface area (Å²) in [5, 5.41) is 8.44. The number of nitrogens with one attached hydrogen (secondary N) is 3. The van der Waals surface area contributed by atoms with Crippen LogP contribution in [0.15, 0.2) is 42.9 Å². The second-order valence-corrected chi connectivity index (χ2v) is 6.04. The van der Waals surface area contributed by atoms with Gasteiger partial charge in [-0.15, -0.1) is 0 Å². The largest absolute Gasteiger partial charge is 0.368 e. The summed E-state index contributed by atoms with van der Waals surface area (Å²) in [4.78, 5) is 24.3. The number of anilines is 3. The van der Waals surface area contributed by atoms with Crippen LogP contribution in [0.3, 0.4) is 0 Å². The minimum atomic E-state index is -1.68. The highest BCUT2D eigenvalue weighted by Crippen LogP contribution is 2.16. The van der Waals surface area contributed by atoms with Crippen LogP contribution < -0.4 is 16.0 Å². The third kappa shape index (κ3) is 5.18. The molecule has 0 radical (unpaired) electrons. The number of hydrogen-bond acceptors (Lipinski definition) is 6. The van der Waals surface area contributed by atoms with Gasteiger partial charge in [0.2, 0.25) is 0 Å². The molecule has 10 heteroatoms. The van der Waals surface area contributed by atoms with Gasteiger partial charge in [0.05, 0.1) is 5.56 Å². The van der Waals surface area contributed by atoms with Crippen LogP contribution in [0.2, 0.25) is 0 Å². The number of pyridine rings is 1. The predicted octanol–water partition coefficient (Wildman–Crippen LogP) is 3.18. The maximum absolute atomic E-state index is 13.6. The van der Waals surface area contributed by atoms with Crippen molar-refractivity contribution in [2.24, 2.45) is 0 Å². The highest BCUT2D eigenvalue weighted by Gasteiger charge is 2.18. The van der Waals surface area contributed by atoms with E-state index >= 15 is 0 Å². The van der Waals surface area contributed by atoms with Gasteiger partial charge in [0.15, 0.2) is 17.5 Å². The van der Waals surface area contributed by atoms with Crippen LogP contribution >= 0.6 is 0 Å². The molecule has 7 nitrogen and oxygen atoms in total. The highest BCUT2D eigenvalue weighted by atomic mass is 19.2. The molecule has 2 aromatic heterocycles. The maximum atomic E-state index is 13.6. The van der Waals surface area contributed by atoms with Crippen LogP contribution in [0.25, 0.3) is 0 Å². The number of rotatable bonds is 7. The molecular weight excluding hydrogens is 385 g/mol. The molecule has 3 aromatic rings. The number of aromatic nitrogens is 3. The van der Waals surface area contributed by atoms with Crippen molar-refractivity contribution < 1.29 is 18.0 Å². The zero-order valence-electron chi connectivity index (χ0n) is 15.3. The van der Waals surface area contributed by atoms with E-state index < -0.39 is 28.9 Å². The summed E-state index contributed by atoms with van der Waals surface area (Å²) in [6, 6.07) is 6.98. The van der Waals surface area contributed by atoms with Crippen molar-refractivity contribution >= 4 is 23.4 Å². The normalized spacial score (nSPS) is 10.5. The monoisotopic (exact) mass is 402 g/mol. The van der Waals surface area contributed by atoms with Gasteiger partial charge in [-0.25, -0.2) is 28.1 Å². The molecule has 0 atom stereocenters. The van der Waals surface area contributed by atoms with Crippen LogP contribution in [0.1, 0.15) is 15.9 Å². The van der Waals surface area contributed by atoms with Crippen molar-refractivity contribution in [3.8, 4) is 0 Å². The van der Waals surface area contributed by atoms with E-state index in [1.807, 2.05) is 19.1 Å². The smallest absolute Gasteiger partial charge is 0.254 e. The van der Waals surface area contributed by atoms with Crippen LogP contribution in [0.4, 0.5) is 30.6 Å². The van der Waals surface area contributed by atoms with E-state index in [1.165, 1.54) is 6.33 Å². The van der Waals surface area contributed by atoms with Crippen LogP contribution in [-0.2, 0) is 0 Å². The lowest BCUT2D eigenvalue weighted by molar-refractivity contribution is 0.0950. The Balaban J connectivity index is 1.52. The zero-order valence-corrected chi connectivity index (χ0v) is 15.3. The zero-order chi connectivity index (χ0) is 20.8. The van der Waals surface area contributed by atoms with Gasteiger partial charge in [0, 0.05) is 25.4 Å². The number of carbonyl (C=O) groups excluding carboxylic acids is 1. The Labute approximate surface area is 164 Å². The fourth-order valence-electron chi connectivity index (χ4n) is 2.42. The molecule has 1 amide bonds. The standard InChI is InChI=1S/C19H17F3N6O/c1-11-4-5-23-15(8-11)28-16-9-14(26-10-27-16)24-6-7-25-19(29)12-2-3-13(20)18(22)17(12)21/h2-5,8-10H,6-7H2,1H3,(H,25,29)(H2,23,24,26,27,28). The molecule has 3 rings (SSSR count). The molecule has 0 fully saturated rings. The molecule has 0 unspecified atom stereocenters. The van der Waals surface area contributed by atoms with Crippen molar-refractivity contribution in [3.05, 3.63) is 71.4 Å². The summed E-state index contributed by atoms with van der Waals surface area (Å²) in [5.41, 5.74) is 0.478. The molecule has 150 valence electrons. The second-order valence-electron chi connectivity index (χ2n) is 6.04. The summed E-state index contributed by atoms with van der Waals surface area (Å²) in [6.45, 7) is 2.31. The van der Waals surface area contributed by atoms with Gasteiger partial charge in [-0.1, -0.05) is 0 Å². The molecule has 0 aliphatic carbocycles. The van der Waals surface area contributed by atoms with E-state index in [9.17, 15) is 18.0 Å². The fraction of sp³-hybridized carbons (Fsp3) is 0.158. The number of halogens is 3. The Bertz CT molecular complexity index is 1030. The first-order valence-corrected chi connectivity index (χ1v) is 8.61. The quantitative estimate of drug-likeness (QED) is 0.415. The topological polar surface area (TPSA) is 91.8 Å². The number of aryl methyl sites for hydroxylation is 1. The SMILES string of the molecule is Cc1ccnc(Nc2cc(NCCNC(=O)c3ccc(F)c(F)c3F)ncn2)c1. The van der Waals surface area contributed by atoms with Crippen LogP contribution in [0, 0.1) is 24.4 Å². The predicted molar refractivity (Wildman–Crippen MR) is 101 cm³/mol. The average molecular weight is 402 g/mol. The van der Waals surface area contributed by atoms with Crippen molar-refractivity contribution in [3.63, 3.8) is 0 Å². The third-order valence-electron chi connectivity index (χ3n) is 3.84. The molecule has 3 N–H and O–H groups in total. The molecule has 29 heavy (non-hydrogen) atoms. The third-order valence-corrected chi connectivity index (χ3v) is 3.84. The summed E-state index contributed by atoms with van der Waals surface area (Å²) < 4.78 is 39.8. The van der Waals surface area contributed by atoms with Crippen molar-refractivity contribution in [2.75, 3.05) is 23.7 Å². The molecule has 2 heterocycles. The van der Waals surface area contributed by atoms with Crippen molar-refractivity contribution in [2.45, 2.75) is 6.92 Å². The molecule has 0 saturated carbocycles. The number of hydrogen-bond donors (Lipinski definition) is 3. The van der Waals surface area contributed by atoms with Crippen LogP contribution in [0.5, 0.6) is 0 Å². The molecule has 0 bridgehead atoms. The first-order chi connectivity index (χ1) is 13.9. The first kappa shape index (κ1) is 20.1. The number of amides is 1. The Hall–Kier alpha value is -3.69. The van der Waals surface area contributed by atoms with Gasteiger partial charge in [0.25, 0.3) is 5.91 Å². The summed E-state index contributed by atoms with van der Waals surface area (Å²) in [5.74, 6) is -3.76. The lowest BCUT2D eigenvalue weighted by Gasteiger charge is -2.10. The van der Waals surface area contributed by atoms with Crippen molar-refractivity contribution in [1.29, 1.82) is 0 Å². The average Bonchev–Trinajstić information content (AvgIpc) is 2.70. The van der Waals surface area contributed by atoms with Gasteiger partial charge in [-0.2, -0.15) is 0 Å². The number of benzene rings is 1. The van der Waals surface area contributed by atoms with E-state index in [1.54, 1.807) is 12.3 Å². The number of nitrogens with zero attached hydrogens (tertiary/aromatic N) is 3. The number of carbonyl (C=O) groups is 1. The Morgan fingerprint density at radius 3 is 2.48 bits per heavy atom. The molecule has 0 spiro atoms. The molecule has 0 saturated heterocycles. The van der Waals surface area contributed by atoms with Gasteiger partial charge < -0.3 is 16.0 Å². The molecule has 1 aromatic carbocycles. The molecular formula is C19H17F3N6O. The van der Waals surface area contributed by atoms with Crippen LogP contribution in [-0.4, -0.2) is 33.9 Å². The van der Waals surface area contributed by atoms with Crippen molar-refractivity contribution in [1.82, 2.24) is 20.3 Å². The lowest BCUT2D eigenvalue weighted by atomic mass is 10.2. The highest BCUT2D eigenvalue weighted by molar-refractivity contribution is 5.94. The maximum Gasteiger partial charge on any atom is 0.254 e. The minimum Gasteiger partial charge on any atom is -0.368 e. The summed E-state index contributed by atoms with van der Waals surface area (Å²) in [7, 11) is 0. The summed E-state index contributed by atoms with van der Waals surface area (Å²) >= 11 is 0. The Morgan fingerprint density at radius 1 is 0.931 bits per heavy atom. The van der Waals surface area contributed by atoms with Gasteiger partial charge in [-0.3, -0.25) is 4.79 Å². The molecule has 0 aliphatic heterocycles. The van der Waals surface area contributed by atoms with Gasteiger partial charge >= 0.3 is 0 Å². The summed E-state index contributed by atoms with van der Waals surface area (Å²) in [6.07, 6.45) is 3.03. The van der Waals surface area contributed by atoms with E-state index in [2.05, 4.69) is 30.9 Å². The lowest BCUT2D eigenvalue weighted by Crippen LogP contribution is -2.29. The Kier molecular flexibility index (Phi) is 6.22. The Morgan fingerprint density at radius 2 is 1.69 bits per heavy atom. The van der Waals surface area contributed by atoms with E-state index in [0.29, 0.717) is 23.5 Å². The minimum absolute atomic E-state index is 0.101. The van der Waals surface area contributed by atoms with E-state index in [-0.39, 0.29) is 13.1 Å². The molecule has 0 aliphatic rings. The van der Waals surface area contributed by atoms with Gasteiger partial charge in [-0.05, 0) is 36.8 Å². The fourth-order valence-corrected chi connectivity index (χ4v) is 2.42. The second kappa shape index (κ2) is 9.00. The van der Waals surface area contributed by atoms with E-state index in [0.717, 1.165) is 11.6 Å². The van der Waals surface area contributed by atoms with E-state index in [4.69, 9.17) is 0 Å². The first-order valence-electron chi connectivity index (χ1n) is 8.61. The van der Waals surface area contributed by atoms with Gasteiger partial charge in [0.1, 0.15) is 23.8 Å².